The third-order valence-electron chi connectivity index (χ3n) is 4.61. The minimum absolute atomic E-state index is 0.145. The van der Waals surface area contributed by atoms with Crippen LogP contribution in [0.4, 0.5) is 11.4 Å². The van der Waals surface area contributed by atoms with E-state index in [4.69, 9.17) is 0 Å². The monoisotopic (exact) mass is 387 g/mol. The second-order valence-corrected chi connectivity index (χ2v) is 8.34. The summed E-state index contributed by atoms with van der Waals surface area (Å²) in [6.45, 7) is 4.19. The predicted octanol–water partition coefficient (Wildman–Crippen LogP) is 3.23. The highest BCUT2D eigenvalue weighted by molar-refractivity contribution is 7.89. The molecule has 0 saturated carbocycles. The van der Waals surface area contributed by atoms with E-state index in [2.05, 4.69) is 14.9 Å². The molecule has 1 saturated heterocycles. The number of carbonyl (C=O) groups excluding carboxylic acids is 1. The predicted molar refractivity (Wildman–Crippen MR) is 108 cm³/mol. The van der Waals surface area contributed by atoms with Crippen molar-refractivity contribution in [2.75, 3.05) is 29.9 Å². The molecule has 7 heteroatoms. The summed E-state index contributed by atoms with van der Waals surface area (Å²) in [6, 6.07) is 13.7. The van der Waals surface area contributed by atoms with Crippen LogP contribution in [0.1, 0.15) is 36.5 Å². The van der Waals surface area contributed by atoms with Crippen molar-refractivity contribution in [2.24, 2.45) is 0 Å². The van der Waals surface area contributed by atoms with Gasteiger partial charge in [-0.05, 0) is 67.8 Å². The van der Waals surface area contributed by atoms with Crippen molar-refractivity contribution in [3.8, 4) is 0 Å². The minimum Gasteiger partial charge on any atom is -0.372 e. The first-order valence-corrected chi connectivity index (χ1v) is 10.7. The number of nitrogens with one attached hydrogen (secondary N) is 2. The lowest BCUT2D eigenvalue weighted by molar-refractivity contribution is 0.102. The fourth-order valence-electron chi connectivity index (χ4n) is 3.17. The van der Waals surface area contributed by atoms with Crippen molar-refractivity contribution in [1.82, 2.24) is 4.72 Å². The van der Waals surface area contributed by atoms with E-state index in [0.717, 1.165) is 13.1 Å². The summed E-state index contributed by atoms with van der Waals surface area (Å²) in [5.74, 6) is -0.270. The Morgan fingerprint density at radius 3 is 2.19 bits per heavy atom. The zero-order valence-corrected chi connectivity index (χ0v) is 16.3. The summed E-state index contributed by atoms with van der Waals surface area (Å²) in [6.07, 6.45) is 3.73. The number of piperidine rings is 1. The van der Waals surface area contributed by atoms with Gasteiger partial charge in [0.2, 0.25) is 10.0 Å². The third-order valence-corrected chi connectivity index (χ3v) is 6.17. The van der Waals surface area contributed by atoms with Gasteiger partial charge in [0.1, 0.15) is 0 Å². The Hall–Kier alpha value is -2.38. The Labute approximate surface area is 160 Å². The summed E-state index contributed by atoms with van der Waals surface area (Å²) in [4.78, 5) is 14.9. The number of sulfonamides is 1. The maximum absolute atomic E-state index is 12.4. The smallest absolute Gasteiger partial charge is 0.255 e. The molecule has 0 radical (unpaired) electrons. The number of hydrogen-bond acceptors (Lipinski definition) is 4. The molecule has 0 spiro atoms. The molecule has 6 nitrogen and oxygen atoms in total. The van der Waals surface area contributed by atoms with Crippen LogP contribution < -0.4 is 14.9 Å². The number of benzene rings is 2. The molecule has 1 amide bonds. The Morgan fingerprint density at radius 1 is 0.963 bits per heavy atom. The topological polar surface area (TPSA) is 78.5 Å². The van der Waals surface area contributed by atoms with Gasteiger partial charge in [0.25, 0.3) is 5.91 Å². The number of amides is 1. The molecule has 0 aromatic heterocycles. The summed E-state index contributed by atoms with van der Waals surface area (Å²) in [5, 5.41) is 2.85. The van der Waals surface area contributed by atoms with E-state index in [-0.39, 0.29) is 10.8 Å². The van der Waals surface area contributed by atoms with Crippen LogP contribution in [0, 0.1) is 0 Å². The van der Waals surface area contributed by atoms with Crippen LogP contribution >= 0.6 is 0 Å². The van der Waals surface area contributed by atoms with Crippen molar-refractivity contribution in [2.45, 2.75) is 31.1 Å². The van der Waals surface area contributed by atoms with Gasteiger partial charge in [-0.2, -0.15) is 0 Å². The van der Waals surface area contributed by atoms with Crippen molar-refractivity contribution in [1.29, 1.82) is 0 Å². The van der Waals surface area contributed by atoms with Gasteiger partial charge in [0.15, 0.2) is 0 Å². The van der Waals surface area contributed by atoms with Crippen molar-refractivity contribution < 1.29 is 13.2 Å². The summed E-state index contributed by atoms with van der Waals surface area (Å²) >= 11 is 0. The molecule has 1 fully saturated rings. The van der Waals surface area contributed by atoms with E-state index in [0.29, 0.717) is 17.8 Å². The van der Waals surface area contributed by atoms with Crippen LogP contribution in [0.5, 0.6) is 0 Å². The molecule has 3 rings (SSSR count). The van der Waals surface area contributed by atoms with Crippen LogP contribution in [0.3, 0.4) is 0 Å². The van der Waals surface area contributed by atoms with E-state index in [1.807, 2.05) is 24.3 Å². The second kappa shape index (κ2) is 8.54. The standard InChI is InChI=1S/C20H25N3O3S/c1-2-21-27(25,26)19-12-6-16(7-13-19)20(24)22-17-8-10-18(11-9-17)23-14-4-3-5-15-23/h6-13,21H,2-5,14-15H2,1H3,(H,22,24). The number of hydrogen-bond donors (Lipinski definition) is 2. The molecule has 0 bridgehead atoms. The zero-order valence-electron chi connectivity index (χ0n) is 15.4. The molecular formula is C20H25N3O3S. The fourth-order valence-corrected chi connectivity index (χ4v) is 4.21. The molecule has 2 N–H and O–H groups in total. The van der Waals surface area contributed by atoms with Crippen molar-refractivity contribution >= 4 is 27.3 Å². The van der Waals surface area contributed by atoms with Crippen LogP contribution in [-0.2, 0) is 10.0 Å². The average molecular weight is 388 g/mol. The summed E-state index contributed by atoms with van der Waals surface area (Å²) in [7, 11) is -3.51. The first kappa shape index (κ1) is 19.4. The molecule has 1 heterocycles. The molecule has 0 atom stereocenters. The Balaban J connectivity index is 1.64. The quantitative estimate of drug-likeness (QED) is 0.798. The molecule has 2 aromatic rings. The van der Waals surface area contributed by atoms with E-state index >= 15 is 0 Å². The lowest BCUT2D eigenvalue weighted by atomic mass is 10.1. The molecule has 1 aliphatic rings. The number of nitrogens with zero attached hydrogens (tertiary/aromatic N) is 1. The molecule has 1 aliphatic heterocycles. The Morgan fingerprint density at radius 2 is 1.59 bits per heavy atom. The van der Waals surface area contributed by atoms with Gasteiger partial charge in [-0.25, -0.2) is 13.1 Å². The third kappa shape index (κ3) is 4.87. The van der Waals surface area contributed by atoms with Crippen molar-refractivity contribution in [3.05, 3.63) is 54.1 Å². The summed E-state index contributed by atoms with van der Waals surface area (Å²) < 4.78 is 26.3. The average Bonchev–Trinajstić information content (AvgIpc) is 2.69. The largest absolute Gasteiger partial charge is 0.372 e. The first-order valence-electron chi connectivity index (χ1n) is 9.26. The van der Waals surface area contributed by atoms with Gasteiger partial charge in [0, 0.05) is 36.6 Å². The van der Waals surface area contributed by atoms with Crippen LogP contribution in [0.15, 0.2) is 53.4 Å². The van der Waals surface area contributed by atoms with Gasteiger partial charge in [-0.3, -0.25) is 4.79 Å². The van der Waals surface area contributed by atoms with Crippen LogP contribution in [-0.4, -0.2) is 34.0 Å². The maximum Gasteiger partial charge on any atom is 0.255 e. The lowest BCUT2D eigenvalue weighted by Crippen LogP contribution is -2.29. The minimum atomic E-state index is -3.51. The van der Waals surface area contributed by atoms with Gasteiger partial charge in [0.05, 0.1) is 4.90 Å². The van der Waals surface area contributed by atoms with Gasteiger partial charge in [-0.1, -0.05) is 6.92 Å². The highest BCUT2D eigenvalue weighted by atomic mass is 32.2. The van der Waals surface area contributed by atoms with E-state index < -0.39 is 10.0 Å². The van der Waals surface area contributed by atoms with Gasteiger partial charge < -0.3 is 10.2 Å². The molecule has 27 heavy (non-hydrogen) atoms. The molecule has 0 unspecified atom stereocenters. The van der Waals surface area contributed by atoms with E-state index in [9.17, 15) is 13.2 Å². The van der Waals surface area contributed by atoms with Gasteiger partial charge >= 0.3 is 0 Å². The molecule has 144 valence electrons. The molecular weight excluding hydrogens is 362 g/mol. The van der Waals surface area contributed by atoms with Gasteiger partial charge in [-0.15, -0.1) is 0 Å². The van der Waals surface area contributed by atoms with E-state index in [1.54, 1.807) is 6.92 Å². The van der Waals surface area contributed by atoms with Crippen LogP contribution in [0.25, 0.3) is 0 Å². The number of rotatable bonds is 6. The highest BCUT2D eigenvalue weighted by Crippen LogP contribution is 2.22. The number of anilines is 2. The van der Waals surface area contributed by atoms with Crippen LogP contribution in [0.2, 0.25) is 0 Å². The Bertz CT molecular complexity index is 872. The summed E-state index contributed by atoms with van der Waals surface area (Å²) in [5.41, 5.74) is 2.29. The van der Waals surface area contributed by atoms with E-state index in [1.165, 1.54) is 49.2 Å². The Kier molecular flexibility index (Phi) is 6.13. The SMILES string of the molecule is CCNS(=O)(=O)c1ccc(C(=O)Nc2ccc(N3CCCCC3)cc2)cc1. The maximum atomic E-state index is 12.4. The fraction of sp³-hybridized carbons (Fsp3) is 0.350. The molecule has 0 aliphatic carbocycles. The first-order chi connectivity index (χ1) is 13.0. The lowest BCUT2D eigenvalue weighted by Gasteiger charge is -2.28. The second-order valence-electron chi connectivity index (χ2n) is 6.57. The zero-order chi connectivity index (χ0) is 19.3. The molecule has 2 aromatic carbocycles. The highest BCUT2D eigenvalue weighted by Gasteiger charge is 2.14. The van der Waals surface area contributed by atoms with Crippen molar-refractivity contribution in [3.63, 3.8) is 0 Å². The number of carbonyl (C=O) groups is 1. The normalized spacial score (nSPS) is 14.8.